The molecule has 0 saturated carbocycles. The van der Waals surface area contributed by atoms with Gasteiger partial charge in [0.2, 0.25) is 11.7 Å². The molecule has 0 saturated heterocycles. The van der Waals surface area contributed by atoms with Gasteiger partial charge in [-0.15, -0.1) is 5.10 Å². The summed E-state index contributed by atoms with van der Waals surface area (Å²) in [6, 6.07) is 9.21. The van der Waals surface area contributed by atoms with E-state index in [4.69, 9.17) is 16.1 Å². The zero-order valence-corrected chi connectivity index (χ0v) is 17.2. The van der Waals surface area contributed by atoms with Crippen molar-refractivity contribution in [3.8, 4) is 22.8 Å². The molecule has 172 valence electrons. The largest absolute Gasteiger partial charge is 0.390 e. The van der Waals surface area contributed by atoms with Gasteiger partial charge >= 0.3 is 11.9 Å². The SMILES string of the molecule is O=c1n(Cc2nc(-c3c(F)cccc3F)no2)nc(-c2ccc(Cl)cc2)n1CCC(F)(F)F. The third-order valence-corrected chi connectivity index (χ3v) is 4.84. The van der Waals surface area contributed by atoms with Gasteiger partial charge < -0.3 is 4.52 Å². The minimum atomic E-state index is -4.50. The molecule has 0 unspecified atom stereocenters. The highest BCUT2D eigenvalue weighted by Crippen LogP contribution is 2.25. The van der Waals surface area contributed by atoms with Gasteiger partial charge in [0.05, 0.1) is 12.0 Å². The van der Waals surface area contributed by atoms with Gasteiger partial charge in [0, 0.05) is 17.1 Å². The molecule has 0 aliphatic heterocycles. The maximum absolute atomic E-state index is 14.0. The summed E-state index contributed by atoms with van der Waals surface area (Å²) in [6.45, 7) is -1.10. The van der Waals surface area contributed by atoms with Gasteiger partial charge in [0.25, 0.3) is 0 Å². The smallest absolute Gasteiger partial charge is 0.337 e. The van der Waals surface area contributed by atoms with Crippen LogP contribution in [-0.4, -0.2) is 30.7 Å². The van der Waals surface area contributed by atoms with Crippen molar-refractivity contribution in [2.45, 2.75) is 25.7 Å². The van der Waals surface area contributed by atoms with Crippen molar-refractivity contribution in [2.75, 3.05) is 0 Å². The quantitative estimate of drug-likeness (QED) is 0.370. The van der Waals surface area contributed by atoms with Crippen molar-refractivity contribution < 1.29 is 26.5 Å². The Bertz CT molecular complexity index is 1320. The Balaban J connectivity index is 1.69. The minimum absolute atomic E-state index is 0.0270. The molecule has 0 fully saturated rings. The Morgan fingerprint density at radius 3 is 2.33 bits per heavy atom. The van der Waals surface area contributed by atoms with Gasteiger partial charge in [-0.05, 0) is 36.4 Å². The molecule has 0 bridgehead atoms. The van der Waals surface area contributed by atoms with Crippen LogP contribution >= 0.6 is 11.6 Å². The van der Waals surface area contributed by atoms with Crippen LogP contribution in [0, 0.1) is 11.6 Å². The van der Waals surface area contributed by atoms with E-state index in [1.807, 2.05) is 0 Å². The van der Waals surface area contributed by atoms with Crippen LogP contribution in [0.25, 0.3) is 22.8 Å². The molecule has 2 heterocycles. The van der Waals surface area contributed by atoms with E-state index in [0.29, 0.717) is 10.6 Å². The molecule has 7 nitrogen and oxygen atoms in total. The van der Waals surface area contributed by atoms with E-state index < -0.39 is 48.6 Å². The average molecular weight is 486 g/mol. The number of nitrogens with zero attached hydrogens (tertiary/aromatic N) is 5. The van der Waals surface area contributed by atoms with E-state index in [2.05, 4.69) is 15.2 Å². The van der Waals surface area contributed by atoms with E-state index in [-0.39, 0.29) is 17.5 Å². The third kappa shape index (κ3) is 4.95. The van der Waals surface area contributed by atoms with Crippen LogP contribution in [0.3, 0.4) is 0 Å². The summed E-state index contributed by atoms with van der Waals surface area (Å²) in [4.78, 5) is 16.7. The Morgan fingerprint density at radius 1 is 1.03 bits per heavy atom. The molecule has 0 spiro atoms. The molecular weight excluding hydrogens is 473 g/mol. The molecule has 4 aromatic rings. The van der Waals surface area contributed by atoms with Crippen molar-refractivity contribution in [1.29, 1.82) is 0 Å². The summed E-state index contributed by atoms with van der Waals surface area (Å²) in [5.41, 5.74) is -1.02. The van der Waals surface area contributed by atoms with Gasteiger partial charge in [-0.25, -0.2) is 18.3 Å². The standard InChI is InChI=1S/C20H13ClF5N5O2/c21-12-6-4-11(5-7-12)18-28-31(19(32)30(18)9-8-20(24,25)26)10-15-27-17(29-33-15)16-13(22)2-1-3-14(16)23/h1-7H,8-10H2. The predicted molar refractivity (Wildman–Crippen MR) is 106 cm³/mol. The summed E-state index contributed by atoms with van der Waals surface area (Å²) >= 11 is 5.85. The van der Waals surface area contributed by atoms with Gasteiger partial charge in [0.1, 0.15) is 18.2 Å². The maximum atomic E-state index is 14.0. The number of hydrogen-bond acceptors (Lipinski definition) is 5. The van der Waals surface area contributed by atoms with Crippen LogP contribution in [0.15, 0.2) is 51.8 Å². The number of alkyl halides is 3. The van der Waals surface area contributed by atoms with Crippen molar-refractivity contribution in [3.05, 3.63) is 75.5 Å². The van der Waals surface area contributed by atoms with E-state index >= 15 is 0 Å². The van der Waals surface area contributed by atoms with Gasteiger partial charge in [0.15, 0.2) is 5.82 Å². The predicted octanol–water partition coefficient (Wildman–Crippen LogP) is 4.69. The number of aromatic nitrogens is 5. The minimum Gasteiger partial charge on any atom is -0.337 e. The molecule has 0 N–H and O–H groups in total. The number of halogens is 6. The number of hydrogen-bond donors (Lipinski definition) is 0. The first-order valence-electron chi connectivity index (χ1n) is 9.39. The lowest BCUT2D eigenvalue weighted by molar-refractivity contribution is -0.136. The number of rotatable bonds is 6. The Labute approximate surface area is 187 Å². The Hall–Kier alpha value is -3.54. The van der Waals surface area contributed by atoms with Gasteiger partial charge in [-0.3, -0.25) is 4.57 Å². The number of benzene rings is 2. The molecule has 2 aromatic heterocycles. The fraction of sp³-hybridized carbons (Fsp3) is 0.200. The highest BCUT2D eigenvalue weighted by Gasteiger charge is 2.29. The van der Waals surface area contributed by atoms with Gasteiger partial charge in [-0.1, -0.05) is 22.8 Å². The zero-order valence-electron chi connectivity index (χ0n) is 16.5. The van der Waals surface area contributed by atoms with Crippen LogP contribution < -0.4 is 5.69 Å². The summed E-state index contributed by atoms with van der Waals surface area (Å²) in [5, 5.41) is 8.01. The Kier molecular flexibility index (Phi) is 6.02. The van der Waals surface area contributed by atoms with E-state index in [1.54, 1.807) is 0 Å². The first-order chi connectivity index (χ1) is 15.6. The molecule has 0 atom stereocenters. The summed E-state index contributed by atoms with van der Waals surface area (Å²) in [6.07, 6.45) is -5.75. The fourth-order valence-electron chi connectivity index (χ4n) is 3.06. The topological polar surface area (TPSA) is 78.7 Å². The monoisotopic (exact) mass is 485 g/mol. The average Bonchev–Trinajstić information content (AvgIpc) is 3.32. The van der Waals surface area contributed by atoms with E-state index in [9.17, 15) is 26.7 Å². The molecule has 0 amide bonds. The van der Waals surface area contributed by atoms with Crippen molar-refractivity contribution >= 4 is 11.6 Å². The molecule has 4 rings (SSSR count). The highest BCUT2D eigenvalue weighted by atomic mass is 35.5. The highest BCUT2D eigenvalue weighted by molar-refractivity contribution is 6.30. The fourth-order valence-corrected chi connectivity index (χ4v) is 3.18. The van der Waals surface area contributed by atoms with Crippen molar-refractivity contribution in [3.63, 3.8) is 0 Å². The van der Waals surface area contributed by atoms with Crippen LogP contribution in [0.2, 0.25) is 5.02 Å². The molecular formula is C20H13ClF5N5O2. The van der Waals surface area contributed by atoms with Crippen LogP contribution in [-0.2, 0) is 13.1 Å². The first-order valence-corrected chi connectivity index (χ1v) is 9.77. The first kappa shape index (κ1) is 22.6. The zero-order chi connectivity index (χ0) is 23.8. The third-order valence-electron chi connectivity index (χ3n) is 4.58. The Morgan fingerprint density at radius 2 is 1.70 bits per heavy atom. The molecule has 2 aromatic carbocycles. The lowest BCUT2D eigenvalue weighted by atomic mass is 10.2. The van der Waals surface area contributed by atoms with E-state index in [0.717, 1.165) is 21.4 Å². The second-order valence-corrected chi connectivity index (χ2v) is 7.33. The van der Waals surface area contributed by atoms with Crippen molar-refractivity contribution in [2.24, 2.45) is 0 Å². The van der Waals surface area contributed by atoms with Crippen LogP contribution in [0.1, 0.15) is 12.3 Å². The van der Waals surface area contributed by atoms with E-state index in [1.165, 1.54) is 30.3 Å². The molecule has 33 heavy (non-hydrogen) atoms. The molecule has 0 radical (unpaired) electrons. The lowest BCUT2D eigenvalue weighted by Crippen LogP contribution is -2.27. The van der Waals surface area contributed by atoms with Crippen molar-refractivity contribution in [1.82, 2.24) is 24.5 Å². The molecule has 0 aliphatic carbocycles. The second kappa shape index (κ2) is 8.77. The summed E-state index contributed by atoms with van der Waals surface area (Å²) in [5.74, 6) is -2.47. The molecule has 0 aliphatic rings. The maximum Gasteiger partial charge on any atom is 0.390 e. The second-order valence-electron chi connectivity index (χ2n) is 6.90. The summed E-state index contributed by atoms with van der Waals surface area (Å²) < 4.78 is 72.9. The normalized spacial score (nSPS) is 11.8. The molecule has 13 heteroatoms. The summed E-state index contributed by atoms with van der Waals surface area (Å²) in [7, 11) is 0. The van der Waals surface area contributed by atoms with Gasteiger partial charge in [-0.2, -0.15) is 18.2 Å². The van der Waals surface area contributed by atoms with Crippen LogP contribution in [0.5, 0.6) is 0 Å². The lowest BCUT2D eigenvalue weighted by Gasteiger charge is -2.08. The van der Waals surface area contributed by atoms with Crippen LogP contribution in [0.4, 0.5) is 22.0 Å².